The van der Waals surface area contributed by atoms with Crippen molar-refractivity contribution in [1.29, 1.82) is 0 Å². The predicted octanol–water partition coefficient (Wildman–Crippen LogP) is 5.49. The Kier molecular flexibility index (Phi) is 5.39. The maximum Gasteiger partial charge on any atom is 0.0443 e. The summed E-state index contributed by atoms with van der Waals surface area (Å²) >= 11 is 2.13. The van der Waals surface area contributed by atoms with Crippen molar-refractivity contribution in [2.75, 3.05) is 6.54 Å². The summed E-state index contributed by atoms with van der Waals surface area (Å²) in [5.74, 6) is 1.78. The molecule has 1 aromatic rings. The van der Waals surface area contributed by atoms with Crippen molar-refractivity contribution >= 4 is 11.3 Å². The number of thiophene rings is 1. The molecule has 1 aromatic heterocycles. The van der Waals surface area contributed by atoms with Crippen molar-refractivity contribution in [3.05, 3.63) is 21.4 Å². The van der Waals surface area contributed by atoms with Crippen molar-refractivity contribution in [3.63, 3.8) is 0 Å². The number of aryl methyl sites for hydroxylation is 2. The fourth-order valence-corrected chi connectivity index (χ4v) is 5.68. The lowest BCUT2D eigenvalue weighted by molar-refractivity contribution is 0.226. The molecule has 1 heterocycles. The average Bonchev–Trinajstić information content (AvgIpc) is 2.91. The second-order valence-corrected chi connectivity index (χ2v) is 8.44. The van der Waals surface area contributed by atoms with Crippen LogP contribution in [0.3, 0.4) is 0 Å². The molecule has 3 unspecified atom stereocenters. The highest BCUT2D eigenvalue weighted by Crippen LogP contribution is 2.41. The maximum absolute atomic E-state index is 3.90. The van der Waals surface area contributed by atoms with E-state index >= 15 is 0 Å². The Labute approximate surface area is 134 Å². The largest absolute Gasteiger partial charge is 0.309 e. The van der Waals surface area contributed by atoms with E-state index < -0.39 is 0 Å². The van der Waals surface area contributed by atoms with Gasteiger partial charge in [0.15, 0.2) is 0 Å². The first-order valence-corrected chi connectivity index (χ1v) is 9.94. The zero-order valence-corrected chi connectivity index (χ0v) is 14.6. The minimum absolute atomic E-state index is 0.628. The van der Waals surface area contributed by atoms with Crippen molar-refractivity contribution in [1.82, 2.24) is 5.32 Å². The molecule has 21 heavy (non-hydrogen) atoms. The average molecular weight is 306 g/mol. The highest BCUT2D eigenvalue weighted by Gasteiger charge is 2.29. The highest BCUT2D eigenvalue weighted by atomic mass is 32.1. The number of fused-ring (bicyclic) bond motifs is 1. The molecule has 1 nitrogen and oxygen atoms in total. The third-order valence-corrected chi connectivity index (χ3v) is 6.70. The normalized spacial score (nSPS) is 27.3. The van der Waals surface area contributed by atoms with Gasteiger partial charge in [-0.05, 0) is 75.0 Å². The number of hydrogen-bond donors (Lipinski definition) is 1. The Morgan fingerprint density at radius 2 is 2.10 bits per heavy atom. The van der Waals surface area contributed by atoms with Crippen LogP contribution in [0.4, 0.5) is 0 Å². The molecular formula is C19H31NS. The lowest BCUT2D eigenvalue weighted by atomic mass is 9.78. The van der Waals surface area contributed by atoms with Gasteiger partial charge in [0.25, 0.3) is 0 Å². The topological polar surface area (TPSA) is 12.0 Å². The van der Waals surface area contributed by atoms with Gasteiger partial charge in [0, 0.05) is 15.8 Å². The molecule has 2 heteroatoms. The Balaban J connectivity index is 1.79. The Bertz CT molecular complexity index is 427. The second kappa shape index (κ2) is 7.28. The van der Waals surface area contributed by atoms with Gasteiger partial charge in [0.2, 0.25) is 0 Å². The summed E-state index contributed by atoms with van der Waals surface area (Å²) in [5.41, 5.74) is 1.67. The van der Waals surface area contributed by atoms with Gasteiger partial charge in [-0.15, -0.1) is 11.3 Å². The summed E-state index contributed by atoms with van der Waals surface area (Å²) in [7, 11) is 0. The molecule has 2 aliphatic rings. The van der Waals surface area contributed by atoms with E-state index in [2.05, 4.69) is 36.6 Å². The minimum atomic E-state index is 0.628. The van der Waals surface area contributed by atoms with Gasteiger partial charge in [-0.2, -0.15) is 0 Å². The summed E-state index contributed by atoms with van der Waals surface area (Å²) in [6, 6.07) is 3.19. The maximum atomic E-state index is 3.90. The van der Waals surface area contributed by atoms with Crippen molar-refractivity contribution in [2.45, 2.75) is 77.7 Å². The van der Waals surface area contributed by atoms with E-state index in [0.29, 0.717) is 6.04 Å². The zero-order valence-electron chi connectivity index (χ0n) is 13.8. The van der Waals surface area contributed by atoms with Crippen LogP contribution in [-0.4, -0.2) is 6.54 Å². The monoisotopic (exact) mass is 305 g/mol. The molecule has 118 valence electrons. The summed E-state index contributed by atoms with van der Waals surface area (Å²) in [6.45, 7) is 5.90. The van der Waals surface area contributed by atoms with E-state index in [-0.39, 0.29) is 0 Å². The van der Waals surface area contributed by atoms with Gasteiger partial charge in [-0.3, -0.25) is 0 Å². The van der Waals surface area contributed by atoms with Crippen LogP contribution in [0.15, 0.2) is 6.07 Å². The van der Waals surface area contributed by atoms with Crippen LogP contribution in [0.5, 0.6) is 0 Å². The summed E-state index contributed by atoms with van der Waals surface area (Å²) < 4.78 is 0. The van der Waals surface area contributed by atoms with E-state index in [9.17, 15) is 0 Å². The van der Waals surface area contributed by atoms with Crippen molar-refractivity contribution < 1.29 is 0 Å². The van der Waals surface area contributed by atoms with Gasteiger partial charge in [-0.1, -0.05) is 26.7 Å². The van der Waals surface area contributed by atoms with E-state index in [1.165, 1.54) is 57.8 Å². The van der Waals surface area contributed by atoms with Gasteiger partial charge >= 0.3 is 0 Å². The standard InChI is InChI=1S/C19H31NS/c1-3-11-20-19(16-9-6-7-14(2)12-16)18-13-15-8-4-5-10-17(15)21-18/h13-14,16,19-20H,3-12H2,1-2H3. The van der Waals surface area contributed by atoms with Crippen LogP contribution in [0.2, 0.25) is 0 Å². The molecule has 2 aliphatic carbocycles. The highest BCUT2D eigenvalue weighted by molar-refractivity contribution is 7.12. The lowest BCUT2D eigenvalue weighted by Gasteiger charge is -2.33. The quantitative estimate of drug-likeness (QED) is 0.758. The number of rotatable bonds is 5. The van der Waals surface area contributed by atoms with E-state index in [1.807, 2.05) is 0 Å². The van der Waals surface area contributed by atoms with Gasteiger partial charge in [0.1, 0.15) is 0 Å². The Morgan fingerprint density at radius 1 is 1.24 bits per heavy atom. The van der Waals surface area contributed by atoms with Gasteiger partial charge < -0.3 is 5.32 Å². The molecule has 0 spiro atoms. The van der Waals surface area contributed by atoms with Crippen LogP contribution >= 0.6 is 11.3 Å². The predicted molar refractivity (Wildman–Crippen MR) is 93.1 cm³/mol. The molecule has 3 rings (SSSR count). The molecule has 0 amide bonds. The Morgan fingerprint density at radius 3 is 2.86 bits per heavy atom. The first-order valence-electron chi connectivity index (χ1n) is 9.12. The molecular weight excluding hydrogens is 274 g/mol. The zero-order chi connectivity index (χ0) is 14.7. The molecule has 1 N–H and O–H groups in total. The molecule has 0 aromatic carbocycles. The van der Waals surface area contributed by atoms with Crippen LogP contribution < -0.4 is 5.32 Å². The van der Waals surface area contributed by atoms with Crippen LogP contribution in [0, 0.1) is 11.8 Å². The van der Waals surface area contributed by atoms with E-state index in [4.69, 9.17) is 0 Å². The smallest absolute Gasteiger partial charge is 0.0443 e. The van der Waals surface area contributed by atoms with Gasteiger partial charge in [0.05, 0.1) is 0 Å². The minimum Gasteiger partial charge on any atom is -0.309 e. The van der Waals surface area contributed by atoms with Crippen molar-refractivity contribution in [3.8, 4) is 0 Å². The number of nitrogens with one attached hydrogen (secondary N) is 1. The fourth-order valence-electron chi connectivity index (χ4n) is 4.25. The lowest BCUT2D eigenvalue weighted by Crippen LogP contribution is -2.31. The molecule has 3 atom stereocenters. The Hall–Kier alpha value is -0.340. The van der Waals surface area contributed by atoms with Crippen LogP contribution in [0.1, 0.15) is 80.2 Å². The number of hydrogen-bond acceptors (Lipinski definition) is 2. The molecule has 0 aliphatic heterocycles. The summed E-state index contributed by atoms with van der Waals surface area (Å²) in [5, 5.41) is 3.90. The summed E-state index contributed by atoms with van der Waals surface area (Å²) in [4.78, 5) is 3.35. The first-order chi connectivity index (χ1) is 10.3. The summed E-state index contributed by atoms with van der Waals surface area (Å²) in [6.07, 6.45) is 12.4. The second-order valence-electron chi connectivity index (χ2n) is 7.27. The molecule has 0 bridgehead atoms. The SMILES string of the molecule is CCCNC(c1cc2c(s1)CCCC2)C1CCCC(C)C1. The molecule has 0 saturated heterocycles. The van der Waals surface area contributed by atoms with Crippen molar-refractivity contribution in [2.24, 2.45) is 11.8 Å². The van der Waals surface area contributed by atoms with Crippen LogP contribution in [0.25, 0.3) is 0 Å². The van der Waals surface area contributed by atoms with Gasteiger partial charge in [-0.25, -0.2) is 0 Å². The van der Waals surface area contributed by atoms with Crippen LogP contribution in [-0.2, 0) is 12.8 Å². The van der Waals surface area contributed by atoms with E-state index in [1.54, 1.807) is 15.3 Å². The molecule has 0 radical (unpaired) electrons. The molecule has 1 fully saturated rings. The third-order valence-electron chi connectivity index (χ3n) is 5.38. The first kappa shape index (κ1) is 15.6. The fraction of sp³-hybridized carbons (Fsp3) is 0.789. The van der Waals surface area contributed by atoms with E-state index in [0.717, 1.165) is 18.4 Å². The molecule has 1 saturated carbocycles. The third kappa shape index (κ3) is 3.71.